The number of para-hydroxylation sites is 2. The quantitative estimate of drug-likeness (QED) is 0.411. The van der Waals surface area contributed by atoms with Gasteiger partial charge in [-0.3, -0.25) is 4.79 Å². The summed E-state index contributed by atoms with van der Waals surface area (Å²) >= 11 is 0. The van der Waals surface area contributed by atoms with Crippen LogP contribution in [0.2, 0.25) is 0 Å². The fourth-order valence-electron chi connectivity index (χ4n) is 3.64. The average molecular weight is 479 g/mol. The third-order valence-electron chi connectivity index (χ3n) is 5.41. The van der Waals surface area contributed by atoms with E-state index in [4.69, 9.17) is 4.74 Å². The number of aromatic nitrogens is 2. The molecule has 0 bridgehead atoms. The Balaban J connectivity index is 1.60. The van der Waals surface area contributed by atoms with Gasteiger partial charge in [-0.05, 0) is 49.4 Å². The number of ether oxygens (including phenoxy) is 1. The van der Waals surface area contributed by atoms with Crippen LogP contribution in [-0.2, 0) is 23.2 Å². The van der Waals surface area contributed by atoms with E-state index < -0.39 is 10.0 Å². The first-order chi connectivity index (χ1) is 16.3. The maximum atomic E-state index is 12.8. The monoisotopic (exact) mass is 478 g/mol. The molecule has 0 fully saturated rings. The molecule has 8 nitrogen and oxygen atoms in total. The van der Waals surface area contributed by atoms with Crippen LogP contribution in [0.15, 0.2) is 77.7 Å². The Morgan fingerprint density at radius 3 is 2.44 bits per heavy atom. The molecule has 4 rings (SSSR count). The van der Waals surface area contributed by atoms with E-state index in [-0.39, 0.29) is 17.4 Å². The fourth-order valence-corrected chi connectivity index (χ4v) is 4.56. The van der Waals surface area contributed by atoms with Crippen molar-refractivity contribution in [3.8, 4) is 5.75 Å². The number of rotatable bonds is 8. The van der Waals surface area contributed by atoms with Gasteiger partial charge in [0.1, 0.15) is 18.2 Å². The molecular formula is C25H26N4O4S. The summed E-state index contributed by atoms with van der Waals surface area (Å²) in [6.45, 7) is 2.73. The van der Waals surface area contributed by atoms with Crippen molar-refractivity contribution < 1.29 is 17.9 Å². The molecule has 176 valence electrons. The fraction of sp³-hybridized carbons (Fsp3) is 0.200. The van der Waals surface area contributed by atoms with Gasteiger partial charge in [0.2, 0.25) is 10.0 Å². The van der Waals surface area contributed by atoms with Crippen LogP contribution in [0.3, 0.4) is 0 Å². The number of carbonyl (C=O) groups excluding carboxylic acids is 1. The van der Waals surface area contributed by atoms with Crippen molar-refractivity contribution in [1.29, 1.82) is 0 Å². The molecule has 0 saturated carbocycles. The maximum absolute atomic E-state index is 12.8. The van der Waals surface area contributed by atoms with Gasteiger partial charge in [-0.15, -0.1) is 0 Å². The predicted octanol–water partition coefficient (Wildman–Crippen LogP) is 4.14. The number of amides is 1. The molecule has 0 spiro atoms. The molecule has 0 aliphatic rings. The minimum absolute atomic E-state index is 0.119. The maximum Gasteiger partial charge on any atom is 0.259 e. The first-order valence-electron chi connectivity index (χ1n) is 10.8. The largest absolute Gasteiger partial charge is 0.485 e. The van der Waals surface area contributed by atoms with Gasteiger partial charge in [0.05, 0.1) is 21.5 Å². The normalized spacial score (nSPS) is 11.6. The standard InChI is InChI=1S/C25H26N4O4S/c1-4-29-22-15-14-19(34(31,32)28(2)3)16-21(22)27-24(29)17-33-23-13-9-8-12-20(23)25(30)26-18-10-6-5-7-11-18/h5-16H,4,17H2,1-3H3,(H,26,30). The molecule has 4 aromatic rings. The molecule has 3 aromatic carbocycles. The Morgan fingerprint density at radius 1 is 1.03 bits per heavy atom. The summed E-state index contributed by atoms with van der Waals surface area (Å²) in [5.41, 5.74) is 2.48. The summed E-state index contributed by atoms with van der Waals surface area (Å²) in [5.74, 6) is 0.793. The number of hydrogen-bond donors (Lipinski definition) is 1. The minimum Gasteiger partial charge on any atom is -0.485 e. The molecule has 1 amide bonds. The highest BCUT2D eigenvalue weighted by atomic mass is 32.2. The first kappa shape index (κ1) is 23.5. The summed E-state index contributed by atoms with van der Waals surface area (Å²) in [6.07, 6.45) is 0. The van der Waals surface area contributed by atoms with Gasteiger partial charge in [-0.25, -0.2) is 17.7 Å². The first-order valence-corrected chi connectivity index (χ1v) is 12.2. The number of imidazole rings is 1. The van der Waals surface area contributed by atoms with Gasteiger partial charge in [0, 0.05) is 26.3 Å². The van der Waals surface area contributed by atoms with Crippen LogP contribution in [0, 0.1) is 0 Å². The zero-order chi connectivity index (χ0) is 24.3. The van der Waals surface area contributed by atoms with Crippen molar-refractivity contribution in [2.75, 3.05) is 19.4 Å². The van der Waals surface area contributed by atoms with Crippen molar-refractivity contribution in [2.45, 2.75) is 25.0 Å². The zero-order valence-corrected chi connectivity index (χ0v) is 20.0. The number of aryl methyl sites for hydroxylation is 1. The van der Waals surface area contributed by atoms with Crippen molar-refractivity contribution in [3.63, 3.8) is 0 Å². The third kappa shape index (κ3) is 4.66. The summed E-state index contributed by atoms with van der Waals surface area (Å²) in [4.78, 5) is 17.6. The second-order valence-corrected chi connectivity index (χ2v) is 9.97. The Bertz CT molecular complexity index is 1430. The lowest BCUT2D eigenvalue weighted by Crippen LogP contribution is -2.22. The van der Waals surface area contributed by atoms with E-state index in [1.54, 1.807) is 42.5 Å². The van der Waals surface area contributed by atoms with Crippen LogP contribution in [-0.4, -0.2) is 42.3 Å². The number of nitrogens with one attached hydrogen (secondary N) is 1. The summed E-state index contributed by atoms with van der Waals surface area (Å²) in [6, 6.07) is 21.1. The number of fused-ring (bicyclic) bond motifs is 1. The Hall–Kier alpha value is -3.69. The molecule has 34 heavy (non-hydrogen) atoms. The lowest BCUT2D eigenvalue weighted by molar-refractivity contribution is 0.102. The van der Waals surface area contributed by atoms with Gasteiger partial charge >= 0.3 is 0 Å². The summed E-state index contributed by atoms with van der Waals surface area (Å²) in [5, 5.41) is 2.87. The van der Waals surface area contributed by atoms with Gasteiger partial charge in [0.25, 0.3) is 5.91 Å². The van der Waals surface area contributed by atoms with Crippen molar-refractivity contribution in [2.24, 2.45) is 0 Å². The highest BCUT2D eigenvalue weighted by molar-refractivity contribution is 7.89. The molecule has 1 aromatic heterocycles. The molecule has 1 N–H and O–H groups in total. The number of sulfonamides is 1. The molecule has 0 saturated heterocycles. The number of hydrogen-bond acceptors (Lipinski definition) is 5. The summed E-state index contributed by atoms with van der Waals surface area (Å²) < 4.78 is 34.2. The lowest BCUT2D eigenvalue weighted by Gasteiger charge is -2.12. The summed E-state index contributed by atoms with van der Waals surface area (Å²) in [7, 11) is -0.577. The van der Waals surface area contributed by atoms with Crippen molar-refractivity contribution in [3.05, 3.63) is 84.2 Å². The van der Waals surface area contributed by atoms with Gasteiger partial charge in [-0.2, -0.15) is 0 Å². The number of anilines is 1. The lowest BCUT2D eigenvalue weighted by atomic mass is 10.2. The van der Waals surface area contributed by atoms with Crippen LogP contribution in [0.4, 0.5) is 5.69 Å². The van der Waals surface area contributed by atoms with Gasteiger partial charge in [0.15, 0.2) is 0 Å². The second kappa shape index (κ2) is 9.66. The van der Waals surface area contributed by atoms with Gasteiger partial charge < -0.3 is 14.6 Å². The van der Waals surface area contributed by atoms with E-state index in [2.05, 4.69) is 10.3 Å². The number of carbonyl (C=O) groups is 1. The van der Waals surface area contributed by atoms with E-state index in [0.717, 1.165) is 5.52 Å². The number of benzene rings is 3. The van der Waals surface area contributed by atoms with E-state index in [0.29, 0.717) is 34.9 Å². The zero-order valence-electron chi connectivity index (χ0n) is 19.2. The smallest absolute Gasteiger partial charge is 0.259 e. The Labute approximate surface area is 198 Å². The number of nitrogens with zero attached hydrogens (tertiary/aromatic N) is 3. The highest BCUT2D eigenvalue weighted by Gasteiger charge is 2.20. The van der Waals surface area contributed by atoms with Crippen LogP contribution in [0.25, 0.3) is 11.0 Å². The second-order valence-electron chi connectivity index (χ2n) is 7.82. The van der Waals surface area contributed by atoms with E-state index in [1.165, 1.54) is 18.4 Å². The molecule has 0 radical (unpaired) electrons. The average Bonchev–Trinajstić information content (AvgIpc) is 3.20. The van der Waals surface area contributed by atoms with Crippen LogP contribution < -0.4 is 10.1 Å². The predicted molar refractivity (Wildman–Crippen MR) is 131 cm³/mol. The highest BCUT2D eigenvalue weighted by Crippen LogP contribution is 2.25. The van der Waals surface area contributed by atoms with Crippen molar-refractivity contribution in [1.82, 2.24) is 13.9 Å². The molecule has 0 atom stereocenters. The molecule has 0 aliphatic carbocycles. The SMILES string of the molecule is CCn1c(COc2ccccc2C(=O)Nc2ccccc2)nc2cc(S(=O)(=O)N(C)C)ccc21. The topological polar surface area (TPSA) is 93.5 Å². The van der Waals surface area contributed by atoms with Crippen LogP contribution >= 0.6 is 0 Å². The Morgan fingerprint density at radius 2 is 1.74 bits per heavy atom. The molecule has 9 heteroatoms. The minimum atomic E-state index is -3.57. The van der Waals surface area contributed by atoms with E-state index >= 15 is 0 Å². The van der Waals surface area contributed by atoms with Gasteiger partial charge in [-0.1, -0.05) is 30.3 Å². The molecule has 0 unspecified atom stereocenters. The van der Waals surface area contributed by atoms with E-state index in [9.17, 15) is 13.2 Å². The molecule has 1 heterocycles. The van der Waals surface area contributed by atoms with Crippen LogP contribution in [0.5, 0.6) is 5.75 Å². The third-order valence-corrected chi connectivity index (χ3v) is 7.22. The Kier molecular flexibility index (Phi) is 6.67. The molecule has 0 aliphatic heterocycles. The van der Waals surface area contributed by atoms with Crippen molar-refractivity contribution >= 4 is 32.7 Å². The van der Waals surface area contributed by atoms with Crippen LogP contribution in [0.1, 0.15) is 23.1 Å². The molecular weight excluding hydrogens is 452 g/mol. The van der Waals surface area contributed by atoms with E-state index in [1.807, 2.05) is 41.8 Å².